The normalized spacial score (nSPS) is 11.2. The summed E-state index contributed by atoms with van der Waals surface area (Å²) in [5, 5.41) is 0. The van der Waals surface area contributed by atoms with E-state index in [2.05, 4.69) is 0 Å². The topological polar surface area (TPSA) is 17.1 Å². The van der Waals surface area contributed by atoms with Gasteiger partial charge < -0.3 is 0 Å². The molecule has 0 bridgehead atoms. The van der Waals surface area contributed by atoms with Crippen molar-refractivity contribution in [2.75, 3.05) is 6.26 Å². The predicted octanol–water partition coefficient (Wildman–Crippen LogP) is 5.00. The maximum absolute atomic E-state index is 13.5. The molecule has 2 rings (SSSR count). The second-order valence-corrected chi connectivity index (χ2v) is 5.29. The summed E-state index contributed by atoms with van der Waals surface area (Å²) in [6, 6.07) is 6.34. The molecule has 0 aromatic heterocycles. The summed E-state index contributed by atoms with van der Waals surface area (Å²) >= 11 is 1.46. The number of benzene rings is 2. The van der Waals surface area contributed by atoms with Gasteiger partial charge in [0.25, 0.3) is 0 Å². The molecule has 1 nitrogen and oxygen atoms in total. The van der Waals surface area contributed by atoms with Gasteiger partial charge in [-0.25, -0.2) is 22.0 Å². The van der Waals surface area contributed by atoms with Gasteiger partial charge in [-0.15, -0.1) is 11.8 Å². The lowest BCUT2D eigenvalue weighted by molar-refractivity contribution is 0.104. The lowest BCUT2D eigenvalue weighted by atomic mass is 10.1. The molecular formula is C16H9F5OS. The third-order valence-electron chi connectivity index (χ3n) is 3.02. The molecule has 7 heteroatoms. The standard InChI is InChI=1S/C16H9F5OS/c1-23-9-4-2-8(3-5-9)11(22)7-6-10-12(17)14(19)16(21)15(20)13(10)18/h2-7H,1H3/b7-6+. The zero-order valence-corrected chi connectivity index (χ0v) is 12.5. The minimum atomic E-state index is -2.24. The average molecular weight is 344 g/mol. The van der Waals surface area contributed by atoms with E-state index in [1.807, 2.05) is 6.26 Å². The van der Waals surface area contributed by atoms with Gasteiger partial charge in [0.1, 0.15) is 0 Å². The molecule has 0 saturated heterocycles. The van der Waals surface area contributed by atoms with Crippen molar-refractivity contribution < 1.29 is 26.7 Å². The predicted molar refractivity (Wildman–Crippen MR) is 77.8 cm³/mol. The van der Waals surface area contributed by atoms with Crippen molar-refractivity contribution >= 4 is 23.6 Å². The maximum Gasteiger partial charge on any atom is 0.200 e. The number of ketones is 1. The molecule has 0 radical (unpaired) electrons. The first-order chi connectivity index (χ1) is 10.9. The number of hydrogen-bond donors (Lipinski definition) is 0. The van der Waals surface area contributed by atoms with Gasteiger partial charge in [0.15, 0.2) is 29.1 Å². The second-order valence-electron chi connectivity index (χ2n) is 4.41. The van der Waals surface area contributed by atoms with Gasteiger partial charge in [-0.05, 0) is 42.7 Å². The number of thioether (sulfide) groups is 1. The van der Waals surface area contributed by atoms with E-state index in [1.54, 1.807) is 12.1 Å². The molecule has 0 spiro atoms. The number of carbonyl (C=O) groups excluding carboxylic acids is 1. The molecule has 0 heterocycles. The summed E-state index contributed by atoms with van der Waals surface area (Å²) in [5.41, 5.74) is -0.932. The van der Waals surface area contributed by atoms with Gasteiger partial charge >= 0.3 is 0 Å². The van der Waals surface area contributed by atoms with E-state index < -0.39 is 40.4 Å². The fraction of sp³-hybridized carbons (Fsp3) is 0.0625. The summed E-state index contributed by atoms with van der Waals surface area (Å²) in [6.07, 6.45) is 3.17. The van der Waals surface area contributed by atoms with Crippen LogP contribution in [0.3, 0.4) is 0 Å². The highest BCUT2D eigenvalue weighted by atomic mass is 32.2. The van der Waals surface area contributed by atoms with E-state index in [0.29, 0.717) is 6.08 Å². The quantitative estimate of drug-likeness (QED) is 0.194. The number of halogens is 5. The first-order valence-corrected chi connectivity index (χ1v) is 7.47. The van der Waals surface area contributed by atoms with Crippen LogP contribution < -0.4 is 0 Å². The Kier molecular flexibility index (Phi) is 5.20. The lowest BCUT2D eigenvalue weighted by Gasteiger charge is -2.04. The Morgan fingerprint density at radius 3 is 1.83 bits per heavy atom. The van der Waals surface area contributed by atoms with Crippen LogP contribution >= 0.6 is 11.8 Å². The van der Waals surface area contributed by atoms with Crippen LogP contribution in [0.15, 0.2) is 35.2 Å². The Balaban J connectivity index is 2.34. The van der Waals surface area contributed by atoms with Gasteiger partial charge in [0, 0.05) is 10.5 Å². The van der Waals surface area contributed by atoms with Gasteiger partial charge in [-0.3, -0.25) is 4.79 Å². The third-order valence-corrected chi connectivity index (χ3v) is 3.76. The second kappa shape index (κ2) is 6.95. The third kappa shape index (κ3) is 3.44. The van der Waals surface area contributed by atoms with Crippen LogP contribution in [0.4, 0.5) is 22.0 Å². The van der Waals surface area contributed by atoms with E-state index in [4.69, 9.17) is 0 Å². The van der Waals surface area contributed by atoms with Crippen LogP contribution in [0.25, 0.3) is 6.08 Å². The van der Waals surface area contributed by atoms with E-state index in [-0.39, 0.29) is 5.56 Å². The molecule has 0 saturated carbocycles. The number of hydrogen-bond acceptors (Lipinski definition) is 2. The lowest BCUT2D eigenvalue weighted by Crippen LogP contribution is -2.04. The number of carbonyl (C=O) groups is 1. The highest BCUT2D eigenvalue weighted by molar-refractivity contribution is 7.98. The van der Waals surface area contributed by atoms with Gasteiger partial charge in [0.2, 0.25) is 5.82 Å². The number of rotatable bonds is 4. The molecule has 0 N–H and O–H groups in total. The van der Waals surface area contributed by atoms with Crippen molar-refractivity contribution in [3.05, 3.63) is 70.6 Å². The summed E-state index contributed by atoms with van der Waals surface area (Å²) in [4.78, 5) is 12.8. The highest BCUT2D eigenvalue weighted by Crippen LogP contribution is 2.24. The average Bonchev–Trinajstić information content (AvgIpc) is 2.58. The van der Waals surface area contributed by atoms with Crippen LogP contribution in [-0.2, 0) is 0 Å². The molecule has 0 unspecified atom stereocenters. The van der Waals surface area contributed by atoms with Crippen molar-refractivity contribution in [3.63, 3.8) is 0 Å². The minimum absolute atomic E-state index is 0.225. The smallest absolute Gasteiger partial charge is 0.200 e. The molecule has 120 valence electrons. The van der Waals surface area contributed by atoms with Crippen molar-refractivity contribution in [2.45, 2.75) is 4.90 Å². The van der Waals surface area contributed by atoms with Gasteiger partial charge in [-0.1, -0.05) is 0 Å². The fourth-order valence-electron chi connectivity index (χ4n) is 1.78. The molecule has 0 fully saturated rings. The van der Waals surface area contributed by atoms with E-state index in [1.165, 1.54) is 23.9 Å². The highest BCUT2D eigenvalue weighted by Gasteiger charge is 2.24. The van der Waals surface area contributed by atoms with Crippen LogP contribution in [0.2, 0.25) is 0 Å². The summed E-state index contributed by atoms with van der Waals surface area (Å²) in [7, 11) is 0. The fourth-order valence-corrected chi connectivity index (χ4v) is 2.19. The Morgan fingerprint density at radius 1 is 0.870 bits per heavy atom. The first kappa shape index (κ1) is 17.2. The maximum atomic E-state index is 13.5. The molecule has 0 aliphatic carbocycles. The molecule has 0 atom stereocenters. The SMILES string of the molecule is CSc1ccc(C(=O)/C=C/c2c(F)c(F)c(F)c(F)c2F)cc1. The van der Waals surface area contributed by atoms with Crippen molar-refractivity contribution in [3.8, 4) is 0 Å². The largest absolute Gasteiger partial charge is 0.289 e. The van der Waals surface area contributed by atoms with E-state index >= 15 is 0 Å². The molecule has 0 aliphatic heterocycles. The first-order valence-electron chi connectivity index (χ1n) is 6.24. The Labute approximate surface area is 132 Å². The van der Waals surface area contributed by atoms with Crippen LogP contribution in [0, 0.1) is 29.1 Å². The zero-order chi connectivity index (χ0) is 17.1. The molecule has 2 aromatic carbocycles. The van der Waals surface area contributed by atoms with Crippen molar-refractivity contribution in [1.29, 1.82) is 0 Å². The van der Waals surface area contributed by atoms with E-state index in [0.717, 1.165) is 11.0 Å². The molecule has 0 aliphatic rings. The van der Waals surface area contributed by atoms with Crippen LogP contribution in [-0.4, -0.2) is 12.0 Å². The van der Waals surface area contributed by atoms with Crippen molar-refractivity contribution in [1.82, 2.24) is 0 Å². The monoisotopic (exact) mass is 344 g/mol. The Bertz CT molecular complexity index is 755. The van der Waals surface area contributed by atoms with E-state index in [9.17, 15) is 26.7 Å². The van der Waals surface area contributed by atoms with Crippen LogP contribution in [0.1, 0.15) is 15.9 Å². The van der Waals surface area contributed by atoms with Crippen LogP contribution in [0.5, 0.6) is 0 Å². The molecular weight excluding hydrogens is 335 g/mol. The molecule has 23 heavy (non-hydrogen) atoms. The summed E-state index contributed by atoms with van der Waals surface area (Å²) in [5.74, 6) is -10.9. The van der Waals surface area contributed by atoms with Gasteiger partial charge in [0.05, 0.1) is 5.56 Å². The Hall–Kier alpha value is -2.15. The summed E-state index contributed by atoms with van der Waals surface area (Å²) < 4.78 is 66.0. The zero-order valence-electron chi connectivity index (χ0n) is 11.7. The van der Waals surface area contributed by atoms with Gasteiger partial charge in [-0.2, -0.15) is 0 Å². The number of allylic oxidation sites excluding steroid dienone is 1. The molecule has 2 aromatic rings. The van der Waals surface area contributed by atoms with Crippen molar-refractivity contribution in [2.24, 2.45) is 0 Å². The summed E-state index contributed by atoms with van der Waals surface area (Å²) in [6.45, 7) is 0. The molecule has 0 amide bonds. The minimum Gasteiger partial charge on any atom is -0.289 e. The Morgan fingerprint density at radius 2 is 1.35 bits per heavy atom.